The van der Waals surface area contributed by atoms with Crippen LogP contribution in [-0.4, -0.2) is 41.6 Å². The number of benzene rings is 2. The molecule has 1 amide bonds. The largest absolute Gasteiger partial charge is 0.493 e. The summed E-state index contributed by atoms with van der Waals surface area (Å²) in [6.45, 7) is 1.25. The van der Waals surface area contributed by atoms with Gasteiger partial charge in [0.25, 0.3) is 0 Å². The number of hydrogen-bond acceptors (Lipinski definition) is 7. The Kier molecular flexibility index (Phi) is 6.06. The number of methoxy groups -OCH3 is 3. The second kappa shape index (κ2) is 8.09. The van der Waals surface area contributed by atoms with Crippen LogP contribution in [-0.2, 0) is 19.4 Å². The third-order valence-electron chi connectivity index (χ3n) is 3.67. The van der Waals surface area contributed by atoms with Crippen LogP contribution >= 0.6 is 0 Å². The normalized spacial score (nSPS) is 10.8. The van der Waals surface area contributed by atoms with Crippen LogP contribution < -0.4 is 14.8 Å². The van der Waals surface area contributed by atoms with E-state index in [0.717, 1.165) is 7.11 Å². The van der Waals surface area contributed by atoms with Gasteiger partial charge < -0.3 is 19.5 Å². The van der Waals surface area contributed by atoms with Crippen molar-refractivity contribution in [2.75, 3.05) is 26.6 Å². The molecule has 2 aromatic rings. The average Bonchev–Trinajstić information content (AvgIpc) is 2.66. The Labute approximate surface area is 157 Å². The molecule has 0 fully saturated rings. The van der Waals surface area contributed by atoms with Crippen molar-refractivity contribution in [2.45, 2.75) is 16.7 Å². The summed E-state index contributed by atoms with van der Waals surface area (Å²) < 4.78 is 41.6. The molecule has 2 aromatic carbocycles. The molecule has 8 nitrogen and oxygen atoms in total. The monoisotopic (exact) mass is 393 g/mol. The number of rotatable bonds is 6. The summed E-state index contributed by atoms with van der Waals surface area (Å²) in [5.41, 5.74) is -0.122. The maximum absolute atomic E-state index is 13.3. The van der Waals surface area contributed by atoms with Gasteiger partial charge >= 0.3 is 5.97 Å². The fourth-order valence-electron chi connectivity index (χ4n) is 2.47. The molecule has 0 atom stereocenters. The molecule has 0 saturated heterocycles. The molecular weight excluding hydrogens is 374 g/mol. The zero-order valence-corrected chi connectivity index (χ0v) is 16.0. The minimum Gasteiger partial charge on any atom is -0.493 e. The predicted octanol–water partition coefficient (Wildman–Crippen LogP) is 2.28. The van der Waals surface area contributed by atoms with E-state index in [0.29, 0.717) is 0 Å². The van der Waals surface area contributed by atoms with Crippen molar-refractivity contribution < 1.29 is 32.2 Å². The number of carbonyl (C=O) groups is 2. The molecule has 0 aliphatic carbocycles. The van der Waals surface area contributed by atoms with Gasteiger partial charge in [0.05, 0.1) is 42.4 Å². The molecule has 144 valence electrons. The van der Waals surface area contributed by atoms with Gasteiger partial charge in [-0.25, -0.2) is 13.2 Å². The van der Waals surface area contributed by atoms with E-state index in [1.165, 1.54) is 57.5 Å². The van der Waals surface area contributed by atoms with Crippen LogP contribution in [0, 0.1) is 0 Å². The van der Waals surface area contributed by atoms with E-state index in [1.807, 2.05) is 0 Å². The summed E-state index contributed by atoms with van der Waals surface area (Å²) in [5, 5.41) is 2.47. The number of ether oxygens (including phenoxy) is 3. The lowest BCUT2D eigenvalue weighted by molar-refractivity contribution is -0.114. The number of esters is 1. The van der Waals surface area contributed by atoms with Crippen LogP contribution in [0.25, 0.3) is 0 Å². The van der Waals surface area contributed by atoms with Crippen molar-refractivity contribution in [3.05, 3.63) is 42.0 Å². The number of carbonyl (C=O) groups excluding carboxylic acids is 2. The predicted molar refractivity (Wildman–Crippen MR) is 97.1 cm³/mol. The molecular formula is C18H19NO7S. The smallest absolute Gasteiger partial charge is 0.339 e. The first kappa shape index (κ1) is 20.2. The highest BCUT2D eigenvalue weighted by Crippen LogP contribution is 2.38. The summed E-state index contributed by atoms with van der Waals surface area (Å²) in [4.78, 5) is 23.1. The van der Waals surface area contributed by atoms with Gasteiger partial charge in [0.2, 0.25) is 15.7 Å². The van der Waals surface area contributed by atoms with Crippen molar-refractivity contribution >= 4 is 27.4 Å². The highest BCUT2D eigenvalue weighted by atomic mass is 32.2. The second-order valence-electron chi connectivity index (χ2n) is 5.38. The van der Waals surface area contributed by atoms with Crippen molar-refractivity contribution in [1.82, 2.24) is 0 Å². The molecule has 0 saturated carbocycles. The van der Waals surface area contributed by atoms with Crippen LogP contribution in [0.1, 0.15) is 17.3 Å². The zero-order valence-electron chi connectivity index (χ0n) is 15.2. The van der Waals surface area contributed by atoms with Gasteiger partial charge in [-0.2, -0.15) is 0 Å². The molecule has 27 heavy (non-hydrogen) atoms. The SMILES string of the molecule is COC(=O)c1ccccc1S(=O)(=O)c1cc(OC)c(OC)cc1NC(C)=O. The fraction of sp³-hybridized carbons (Fsp3) is 0.222. The van der Waals surface area contributed by atoms with Gasteiger partial charge in [0.1, 0.15) is 0 Å². The van der Waals surface area contributed by atoms with Gasteiger partial charge in [-0.3, -0.25) is 4.79 Å². The molecule has 9 heteroatoms. The van der Waals surface area contributed by atoms with Crippen molar-refractivity contribution in [3.8, 4) is 11.5 Å². The van der Waals surface area contributed by atoms with E-state index in [4.69, 9.17) is 9.47 Å². The summed E-state index contributed by atoms with van der Waals surface area (Å²) in [6, 6.07) is 8.21. The van der Waals surface area contributed by atoms with Crippen LogP contribution in [0.2, 0.25) is 0 Å². The third-order valence-corrected chi connectivity index (χ3v) is 5.52. The molecule has 0 heterocycles. The maximum Gasteiger partial charge on any atom is 0.339 e. The van der Waals surface area contributed by atoms with Crippen LogP contribution in [0.5, 0.6) is 11.5 Å². The molecule has 0 aliphatic rings. The first-order chi connectivity index (χ1) is 12.8. The van der Waals surface area contributed by atoms with E-state index >= 15 is 0 Å². The minimum absolute atomic E-state index is 0.000168. The zero-order chi connectivity index (χ0) is 20.2. The van der Waals surface area contributed by atoms with Gasteiger partial charge in [-0.15, -0.1) is 0 Å². The van der Waals surface area contributed by atoms with Crippen molar-refractivity contribution in [2.24, 2.45) is 0 Å². The average molecular weight is 393 g/mol. The van der Waals surface area contributed by atoms with Gasteiger partial charge in [-0.1, -0.05) is 12.1 Å². The number of anilines is 1. The Morgan fingerprint density at radius 3 is 2.07 bits per heavy atom. The lowest BCUT2D eigenvalue weighted by atomic mass is 10.2. The molecule has 0 unspecified atom stereocenters. The molecule has 0 radical (unpaired) electrons. The van der Waals surface area contributed by atoms with Gasteiger partial charge in [0, 0.05) is 19.1 Å². The standard InChI is InChI=1S/C18H19NO7S/c1-11(20)19-13-9-14(24-2)15(25-3)10-17(13)27(22,23)16-8-6-5-7-12(16)18(21)26-4/h5-10H,1-4H3,(H,19,20). The fourth-order valence-corrected chi connectivity index (χ4v) is 4.07. The quantitative estimate of drug-likeness (QED) is 0.750. The maximum atomic E-state index is 13.3. The Balaban J connectivity index is 2.79. The molecule has 0 aliphatic heterocycles. The minimum atomic E-state index is -4.21. The first-order valence-corrected chi connectivity index (χ1v) is 9.20. The van der Waals surface area contributed by atoms with Gasteiger partial charge in [0.15, 0.2) is 11.5 Å². The third kappa shape index (κ3) is 4.03. The molecule has 0 spiro atoms. The van der Waals surface area contributed by atoms with E-state index < -0.39 is 21.7 Å². The second-order valence-corrected chi connectivity index (χ2v) is 7.26. The lowest BCUT2D eigenvalue weighted by Gasteiger charge is -2.16. The summed E-state index contributed by atoms with van der Waals surface area (Å²) in [6.07, 6.45) is 0. The van der Waals surface area contributed by atoms with E-state index in [1.54, 1.807) is 0 Å². The van der Waals surface area contributed by atoms with Crippen LogP contribution in [0.4, 0.5) is 5.69 Å². The van der Waals surface area contributed by atoms with Gasteiger partial charge in [-0.05, 0) is 12.1 Å². The Hall–Kier alpha value is -3.07. The van der Waals surface area contributed by atoms with Crippen molar-refractivity contribution in [1.29, 1.82) is 0 Å². The topological polar surface area (TPSA) is 108 Å². The van der Waals surface area contributed by atoms with E-state index in [-0.39, 0.29) is 32.5 Å². The van der Waals surface area contributed by atoms with Crippen LogP contribution in [0.3, 0.4) is 0 Å². The Bertz CT molecular complexity index is 983. The van der Waals surface area contributed by atoms with E-state index in [2.05, 4.69) is 10.1 Å². The van der Waals surface area contributed by atoms with E-state index in [9.17, 15) is 18.0 Å². The Morgan fingerprint density at radius 1 is 0.926 bits per heavy atom. The number of sulfone groups is 1. The summed E-state index contributed by atoms with van der Waals surface area (Å²) in [5.74, 6) is -0.877. The molecule has 1 N–H and O–H groups in total. The molecule has 0 aromatic heterocycles. The summed E-state index contributed by atoms with van der Waals surface area (Å²) >= 11 is 0. The first-order valence-electron chi connectivity index (χ1n) is 7.72. The highest BCUT2D eigenvalue weighted by molar-refractivity contribution is 7.91. The highest BCUT2D eigenvalue weighted by Gasteiger charge is 2.29. The number of amides is 1. The molecule has 0 bridgehead atoms. The molecule has 2 rings (SSSR count). The Morgan fingerprint density at radius 2 is 1.52 bits per heavy atom. The number of hydrogen-bond donors (Lipinski definition) is 1. The number of nitrogens with one attached hydrogen (secondary N) is 1. The lowest BCUT2D eigenvalue weighted by Crippen LogP contribution is -2.15. The summed E-state index contributed by atoms with van der Waals surface area (Å²) in [7, 11) is -0.311. The van der Waals surface area contributed by atoms with Crippen molar-refractivity contribution in [3.63, 3.8) is 0 Å². The van der Waals surface area contributed by atoms with Crippen LogP contribution in [0.15, 0.2) is 46.2 Å².